The monoisotopic (exact) mass is 237 g/mol. The van der Waals surface area contributed by atoms with Crippen LogP contribution in [-0.2, 0) is 4.74 Å². The van der Waals surface area contributed by atoms with Crippen molar-refractivity contribution in [1.29, 1.82) is 0 Å². The number of nitrogens with one attached hydrogen (secondary N) is 1. The molecule has 4 nitrogen and oxygen atoms in total. The van der Waals surface area contributed by atoms with Crippen molar-refractivity contribution in [2.45, 2.75) is 56.3 Å². The maximum Gasteiger partial charge on any atom is 0.202 e. The third-order valence-electron chi connectivity index (χ3n) is 3.80. The molecule has 1 aromatic rings. The summed E-state index contributed by atoms with van der Waals surface area (Å²) in [5.74, 6) is 1.71. The summed E-state index contributed by atoms with van der Waals surface area (Å²) in [5, 5.41) is 4.48. The lowest BCUT2D eigenvalue weighted by atomic mass is 9.96. The van der Waals surface area contributed by atoms with Crippen molar-refractivity contribution in [2.75, 3.05) is 5.32 Å². The molecule has 0 aromatic carbocycles. The van der Waals surface area contributed by atoms with E-state index in [9.17, 15) is 0 Å². The van der Waals surface area contributed by atoms with Crippen molar-refractivity contribution < 1.29 is 4.74 Å². The Bertz CT molecular complexity index is 404. The Morgan fingerprint density at radius 1 is 1.25 bits per heavy atom. The first-order chi connectivity index (χ1) is 7.88. The Morgan fingerprint density at radius 3 is 2.88 bits per heavy atom. The van der Waals surface area contributed by atoms with Gasteiger partial charge in [0.2, 0.25) is 5.13 Å². The molecule has 0 amide bonds. The lowest BCUT2D eigenvalue weighted by molar-refractivity contribution is 0.102. The van der Waals surface area contributed by atoms with Gasteiger partial charge in [-0.15, -0.1) is 0 Å². The van der Waals surface area contributed by atoms with Crippen LogP contribution in [0.15, 0.2) is 0 Å². The molecular weight excluding hydrogens is 222 g/mol. The first-order valence-electron chi connectivity index (χ1n) is 6.14. The molecule has 86 valence electrons. The van der Waals surface area contributed by atoms with Crippen LogP contribution in [0.1, 0.15) is 43.8 Å². The van der Waals surface area contributed by atoms with Gasteiger partial charge in [-0.25, -0.2) is 4.98 Å². The topological polar surface area (TPSA) is 47.0 Å². The van der Waals surface area contributed by atoms with Crippen LogP contribution in [0, 0.1) is 0 Å². The van der Waals surface area contributed by atoms with E-state index < -0.39 is 0 Å². The van der Waals surface area contributed by atoms with Crippen LogP contribution in [0.2, 0.25) is 0 Å². The molecular formula is C11H15N3OS. The second kappa shape index (κ2) is 3.40. The Kier molecular flexibility index (Phi) is 1.99. The Morgan fingerprint density at radius 2 is 2.19 bits per heavy atom. The van der Waals surface area contributed by atoms with E-state index in [-0.39, 0.29) is 0 Å². The van der Waals surface area contributed by atoms with Crippen LogP contribution >= 0.6 is 11.5 Å². The van der Waals surface area contributed by atoms with Crippen LogP contribution in [0.4, 0.5) is 5.13 Å². The highest BCUT2D eigenvalue weighted by Gasteiger charge is 2.41. The normalized spacial score (nSPS) is 36.9. The van der Waals surface area contributed by atoms with Crippen molar-refractivity contribution in [3.8, 4) is 0 Å². The summed E-state index contributed by atoms with van der Waals surface area (Å²) >= 11 is 1.50. The summed E-state index contributed by atoms with van der Waals surface area (Å²) in [7, 11) is 0. The van der Waals surface area contributed by atoms with Crippen molar-refractivity contribution in [1.82, 2.24) is 9.36 Å². The van der Waals surface area contributed by atoms with E-state index >= 15 is 0 Å². The largest absolute Gasteiger partial charge is 0.373 e. The SMILES string of the molecule is C1CC1c1nsc(N[C@@H]2C[C@H]3CC[C@H]2O3)n1. The summed E-state index contributed by atoms with van der Waals surface area (Å²) in [4.78, 5) is 4.56. The molecule has 4 rings (SSSR count). The fourth-order valence-electron chi connectivity index (χ4n) is 2.75. The highest BCUT2D eigenvalue weighted by Crippen LogP contribution is 2.40. The Hall–Kier alpha value is -0.680. The first kappa shape index (κ1) is 9.36. The van der Waals surface area contributed by atoms with E-state index in [1.54, 1.807) is 0 Å². The van der Waals surface area contributed by atoms with Gasteiger partial charge in [0.25, 0.3) is 0 Å². The molecule has 3 aliphatic rings. The fourth-order valence-corrected chi connectivity index (χ4v) is 3.46. The van der Waals surface area contributed by atoms with Gasteiger partial charge in [0, 0.05) is 17.5 Å². The van der Waals surface area contributed by atoms with E-state index in [0.717, 1.165) is 17.4 Å². The van der Waals surface area contributed by atoms with Gasteiger partial charge in [0.05, 0.1) is 18.2 Å². The van der Waals surface area contributed by atoms with Crippen LogP contribution in [0.3, 0.4) is 0 Å². The van der Waals surface area contributed by atoms with E-state index in [2.05, 4.69) is 14.7 Å². The molecule has 3 fully saturated rings. The second-order valence-electron chi connectivity index (χ2n) is 5.09. The number of hydrogen-bond acceptors (Lipinski definition) is 5. The maximum atomic E-state index is 5.82. The van der Waals surface area contributed by atoms with Crippen LogP contribution in [-0.4, -0.2) is 27.6 Å². The van der Waals surface area contributed by atoms with Gasteiger partial charge in [-0.2, -0.15) is 4.37 Å². The van der Waals surface area contributed by atoms with E-state index in [1.165, 1.54) is 37.2 Å². The van der Waals surface area contributed by atoms with Gasteiger partial charge in [0.15, 0.2) is 0 Å². The van der Waals surface area contributed by atoms with Gasteiger partial charge in [0.1, 0.15) is 5.82 Å². The lowest BCUT2D eigenvalue weighted by Crippen LogP contribution is -2.30. The second-order valence-corrected chi connectivity index (χ2v) is 5.84. The predicted molar refractivity (Wildman–Crippen MR) is 61.8 cm³/mol. The average Bonchev–Trinajstić information content (AvgIpc) is 2.76. The summed E-state index contributed by atoms with van der Waals surface area (Å²) in [6.07, 6.45) is 7.05. The molecule has 2 bridgehead atoms. The molecule has 2 aliphatic heterocycles. The molecule has 0 spiro atoms. The zero-order valence-corrected chi connectivity index (χ0v) is 9.87. The fraction of sp³-hybridized carbons (Fsp3) is 0.818. The molecule has 5 heteroatoms. The summed E-state index contributed by atoms with van der Waals surface area (Å²) in [6, 6.07) is 0.471. The average molecular weight is 237 g/mol. The molecule has 2 saturated heterocycles. The molecule has 0 radical (unpaired) electrons. The van der Waals surface area contributed by atoms with E-state index in [1.807, 2.05) is 0 Å². The number of aromatic nitrogens is 2. The quantitative estimate of drug-likeness (QED) is 0.875. The van der Waals surface area contributed by atoms with Gasteiger partial charge in [-0.3, -0.25) is 0 Å². The van der Waals surface area contributed by atoms with Gasteiger partial charge in [-0.05, 0) is 32.1 Å². The standard InChI is InChI=1S/C11H15N3OS/c1-2-6(1)10-13-11(16-14-10)12-8-5-7-3-4-9(8)15-7/h6-9H,1-5H2,(H,12,13,14)/t7-,8-,9-/m1/s1. The zero-order chi connectivity index (χ0) is 10.5. The minimum absolute atomic E-state index is 0.415. The number of fused-ring (bicyclic) bond motifs is 2. The Balaban J connectivity index is 1.45. The number of anilines is 1. The number of hydrogen-bond donors (Lipinski definition) is 1. The highest BCUT2D eigenvalue weighted by molar-refractivity contribution is 7.09. The van der Waals surface area contributed by atoms with Crippen molar-refractivity contribution in [3.63, 3.8) is 0 Å². The highest BCUT2D eigenvalue weighted by atomic mass is 32.1. The summed E-state index contributed by atoms with van der Waals surface area (Å²) in [6.45, 7) is 0. The van der Waals surface area contributed by atoms with Crippen molar-refractivity contribution in [2.24, 2.45) is 0 Å². The lowest BCUT2D eigenvalue weighted by Gasteiger charge is -2.18. The summed E-state index contributed by atoms with van der Waals surface area (Å²) < 4.78 is 10.2. The Labute approximate surface area is 98.6 Å². The molecule has 0 unspecified atom stereocenters. The molecule has 16 heavy (non-hydrogen) atoms. The molecule has 1 aromatic heterocycles. The number of ether oxygens (including phenoxy) is 1. The molecule has 3 heterocycles. The molecule has 1 saturated carbocycles. The third kappa shape index (κ3) is 1.53. The minimum atomic E-state index is 0.415. The van der Waals surface area contributed by atoms with Crippen LogP contribution in [0.5, 0.6) is 0 Å². The van der Waals surface area contributed by atoms with Gasteiger partial charge in [-0.1, -0.05) is 0 Å². The maximum absolute atomic E-state index is 5.82. The molecule has 1 N–H and O–H groups in total. The first-order valence-corrected chi connectivity index (χ1v) is 6.91. The van der Waals surface area contributed by atoms with E-state index in [4.69, 9.17) is 4.74 Å². The third-order valence-corrected chi connectivity index (χ3v) is 4.46. The number of nitrogens with zero attached hydrogens (tertiary/aromatic N) is 2. The predicted octanol–water partition coefficient (Wildman–Crippen LogP) is 2.15. The van der Waals surface area contributed by atoms with Gasteiger partial charge < -0.3 is 10.1 Å². The van der Waals surface area contributed by atoms with Crippen LogP contribution in [0.25, 0.3) is 0 Å². The summed E-state index contributed by atoms with van der Waals surface area (Å²) in [5.41, 5.74) is 0. The smallest absolute Gasteiger partial charge is 0.202 e. The molecule has 1 aliphatic carbocycles. The number of rotatable bonds is 3. The molecule has 3 atom stereocenters. The van der Waals surface area contributed by atoms with Gasteiger partial charge >= 0.3 is 0 Å². The van der Waals surface area contributed by atoms with Crippen molar-refractivity contribution in [3.05, 3.63) is 5.82 Å². The van der Waals surface area contributed by atoms with E-state index in [0.29, 0.717) is 24.2 Å². The minimum Gasteiger partial charge on any atom is -0.373 e. The van der Waals surface area contributed by atoms with Crippen molar-refractivity contribution >= 4 is 16.7 Å². The van der Waals surface area contributed by atoms with Crippen LogP contribution < -0.4 is 5.32 Å². The zero-order valence-electron chi connectivity index (χ0n) is 9.06.